The van der Waals surface area contributed by atoms with E-state index in [1.807, 2.05) is 31.7 Å². The quantitative estimate of drug-likeness (QED) is 0.545. The van der Waals surface area contributed by atoms with Gasteiger partial charge in [0.15, 0.2) is 0 Å². The fraction of sp³-hybridized carbons (Fsp3) is 0.350. The Labute approximate surface area is 168 Å². The molecule has 1 aromatic carbocycles. The van der Waals surface area contributed by atoms with Crippen LogP contribution < -0.4 is 10.9 Å². The molecule has 3 rings (SSSR count). The van der Waals surface area contributed by atoms with E-state index in [-0.39, 0.29) is 16.6 Å². The molecule has 2 aromatic heterocycles. The highest BCUT2D eigenvalue weighted by molar-refractivity contribution is 7.99. The predicted octanol–water partition coefficient (Wildman–Crippen LogP) is 5.58. The second kappa shape index (κ2) is 8.31. The molecule has 0 spiro atoms. The molecule has 0 radical (unpaired) electrons. The molecule has 0 fully saturated rings. The van der Waals surface area contributed by atoms with Crippen LogP contribution in [-0.2, 0) is 0 Å². The maximum atomic E-state index is 12.4. The van der Waals surface area contributed by atoms with E-state index in [0.717, 1.165) is 28.8 Å². The molecular weight excluding hydrogens is 380 g/mol. The van der Waals surface area contributed by atoms with Crippen molar-refractivity contribution in [2.75, 3.05) is 11.1 Å². The van der Waals surface area contributed by atoms with E-state index < -0.39 is 0 Å². The van der Waals surface area contributed by atoms with Crippen molar-refractivity contribution in [2.24, 2.45) is 0 Å². The van der Waals surface area contributed by atoms with Gasteiger partial charge in [0, 0.05) is 28.2 Å². The number of rotatable bonds is 6. The molecule has 0 bridgehead atoms. The average Bonchev–Trinajstić information content (AvgIpc) is 2.63. The zero-order valence-electron chi connectivity index (χ0n) is 15.9. The number of benzene rings is 1. The molecule has 7 heteroatoms. The van der Waals surface area contributed by atoms with Gasteiger partial charge in [0.25, 0.3) is 5.56 Å². The van der Waals surface area contributed by atoms with Crippen molar-refractivity contribution in [3.63, 3.8) is 0 Å². The minimum atomic E-state index is -0.239. The molecule has 3 aromatic rings. The fourth-order valence-electron chi connectivity index (χ4n) is 2.83. The summed E-state index contributed by atoms with van der Waals surface area (Å²) < 4.78 is 1.60. The summed E-state index contributed by atoms with van der Waals surface area (Å²) in [7, 11) is 0. The molecule has 0 aliphatic rings. The maximum absolute atomic E-state index is 12.4. The minimum absolute atomic E-state index is 0.0574. The Hall–Kier alpha value is -2.05. The second-order valence-corrected chi connectivity index (χ2v) is 8.26. The van der Waals surface area contributed by atoms with Crippen LogP contribution in [0.5, 0.6) is 0 Å². The molecule has 142 valence electrons. The standard InChI is InChI=1S/C20H23ClN4OS/c1-5-8-27-15-6-7-17(13(4)9-15)23-20-22-11-14-10-16(21)19(26)25(12(2)3)18(14)24-20/h6-7,9-12H,5,8H2,1-4H3,(H,22,23,24). The largest absolute Gasteiger partial charge is 0.324 e. The molecule has 1 N–H and O–H groups in total. The van der Waals surface area contributed by atoms with Crippen LogP contribution in [0.25, 0.3) is 11.0 Å². The molecule has 0 aliphatic carbocycles. The summed E-state index contributed by atoms with van der Waals surface area (Å²) in [6, 6.07) is 7.86. The van der Waals surface area contributed by atoms with Gasteiger partial charge in [-0.3, -0.25) is 9.36 Å². The third-order valence-electron chi connectivity index (χ3n) is 4.16. The second-order valence-electron chi connectivity index (χ2n) is 6.68. The van der Waals surface area contributed by atoms with Crippen LogP contribution in [0.1, 0.15) is 38.8 Å². The van der Waals surface area contributed by atoms with Crippen molar-refractivity contribution in [3.8, 4) is 0 Å². The van der Waals surface area contributed by atoms with Crippen LogP contribution in [-0.4, -0.2) is 20.3 Å². The highest BCUT2D eigenvalue weighted by atomic mass is 35.5. The summed E-state index contributed by atoms with van der Waals surface area (Å²) in [6.45, 7) is 8.10. The number of aromatic nitrogens is 3. The molecule has 0 saturated heterocycles. The molecule has 0 saturated carbocycles. The van der Waals surface area contributed by atoms with Crippen LogP contribution in [0, 0.1) is 6.92 Å². The number of anilines is 2. The Morgan fingerprint density at radius 3 is 2.74 bits per heavy atom. The van der Waals surface area contributed by atoms with Crippen molar-refractivity contribution in [3.05, 3.63) is 51.4 Å². The Bertz CT molecular complexity index is 1030. The highest BCUT2D eigenvalue weighted by Gasteiger charge is 2.13. The average molecular weight is 403 g/mol. The number of hydrogen-bond acceptors (Lipinski definition) is 5. The lowest BCUT2D eigenvalue weighted by Crippen LogP contribution is -2.23. The molecular formula is C20H23ClN4OS. The molecule has 0 aliphatic heterocycles. The SMILES string of the molecule is CCCSc1ccc(Nc2ncc3cc(Cl)c(=O)n(C(C)C)c3n2)c(C)c1. The highest BCUT2D eigenvalue weighted by Crippen LogP contribution is 2.26. The van der Waals surface area contributed by atoms with Gasteiger partial charge in [-0.2, -0.15) is 4.98 Å². The summed E-state index contributed by atoms with van der Waals surface area (Å²) in [6.07, 6.45) is 2.84. The predicted molar refractivity (Wildman–Crippen MR) is 115 cm³/mol. The van der Waals surface area contributed by atoms with Gasteiger partial charge in [0.2, 0.25) is 5.95 Å². The minimum Gasteiger partial charge on any atom is -0.324 e. The third kappa shape index (κ3) is 4.28. The molecule has 0 atom stereocenters. The first-order valence-electron chi connectivity index (χ1n) is 8.99. The fourth-order valence-corrected chi connectivity index (χ4v) is 3.91. The van der Waals surface area contributed by atoms with Gasteiger partial charge < -0.3 is 5.32 Å². The van der Waals surface area contributed by atoms with Crippen molar-refractivity contribution < 1.29 is 0 Å². The Morgan fingerprint density at radius 2 is 2.07 bits per heavy atom. The van der Waals surface area contributed by atoms with Gasteiger partial charge in [0.1, 0.15) is 10.7 Å². The number of nitrogens with zero attached hydrogens (tertiary/aromatic N) is 3. The molecule has 0 unspecified atom stereocenters. The van der Waals surface area contributed by atoms with E-state index >= 15 is 0 Å². The number of pyridine rings is 1. The summed E-state index contributed by atoms with van der Waals surface area (Å²) in [4.78, 5) is 22.6. The normalized spacial score (nSPS) is 11.3. The lowest BCUT2D eigenvalue weighted by Gasteiger charge is -2.15. The van der Waals surface area contributed by atoms with Crippen LogP contribution in [0.4, 0.5) is 11.6 Å². The molecule has 0 amide bonds. The number of thioether (sulfide) groups is 1. The van der Waals surface area contributed by atoms with E-state index in [4.69, 9.17) is 11.6 Å². The monoisotopic (exact) mass is 402 g/mol. The summed E-state index contributed by atoms with van der Waals surface area (Å²) in [5.41, 5.74) is 2.40. The summed E-state index contributed by atoms with van der Waals surface area (Å²) in [5, 5.41) is 4.18. The first kappa shape index (κ1) is 19.7. The smallest absolute Gasteiger partial charge is 0.271 e. The van der Waals surface area contributed by atoms with Crippen molar-refractivity contribution in [1.29, 1.82) is 0 Å². The number of halogens is 1. The van der Waals surface area contributed by atoms with Gasteiger partial charge in [0.05, 0.1) is 0 Å². The lowest BCUT2D eigenvalue weighted by molar-refractivity contribution is 0.595. The third-order valence-corrected chi connectivity index (χ3v) is 5.63. The van der Waals surface area contributed by atoms with Crippen LogP contribution in [0.3, 0.4) is 0 Å². The Morgan fingerprint density at radius 1 is 1.30 bits per heavy atom. The van der Waals surface area contributed by atoms with E-state index in [0.29, 0.717) is 11.6 Å². The topological polar surface area (TPSA) is 59.8 Å². The van der Waals surface area contributed by atoms with E-state index in [9.17, 15) is 4.79 Å². The molecule has 27 heavy (non-hydrogen) atoms. The van der Waals surface area contributed by atoms with Gasteiger partial charge in [-0.05, 0) is 62.8 Å². The van der Waals surface area contributed by atoms with Gasteiger partial charge >= 0.3 is 0 Å². The van der Waals surface area contributed by atoms with Crippen LogP contribution in [0.2, 0.25) is 5.02 Å². The summed E-state index contributed by atoms with van der Waals surface area (Å²) >= 11 is 7.92. The first-order chi connectivity index (χ1) is 12.9. The van der Waals surface area contributed by atoms with Crippen molar-refractivity contribution >= 4 is 46.0 Å². The molecule has 5 nitrogen and oxygen atoms in total. The van der Waals surface area contributed by atoms with E-state index in [1.54, 1.807) is 16.8 Å². The number of hydrogen-bond donors (Lipinski definition) is 1. The number of fused-ring (bicyclic) bond motifs is 1. The van der Waals surface area contributed by atoms with E-state index in [1.165, 1.54) is 4.90 Å². The zero-order valence-corrected chi connectivity index (χ0v) is 17.5. The Kier molecular flexibility index (Phi) is 6.07. The number of aryl methyl sites for hydroxylation is 1. The van der Waals surface area contributed by atoms with E-state index in [2.05, 4.69) is 41.3 Å². The van der Waals surface area contributed by atoms with Crippen molar-refractivity contribution in [1.82, 2.24) is 14.5 Å². The van der Waals surface area contributed by atoms with Gasteiger partial charge in [-0.15, -0.1) is 11.8 Å². The Balaban J connectivity index is 1.97. The van der Waals surface area contributed by atoms with Crippen molar-refractivity contribution in [2.45, 2.75) is 45.1 Å². The van der Waals surface area contributed by atoms with Gasteiger partial charge in [-0.25, -0.2) is 4.98 Å². The first-order valence-corrected chi connectivity index (χ1v) is 10.3. The summed E-state index contributed by atoms with van der Waals surface area (Å²) in [5.74, 6) is 1.56. The number of nitrogens with one attached hydrogen (secondary N) is 1. The van der Waals surface area contributed by atoms with Gasteiger partial charge in [-0.1, -0.05) is 18.5 Å². The van der Waals surface area contributed by atoms with Crippen LogP contribution in [0.15, 0.2) is 40.2 Å². The van der Waals surface area contributed by atoms with Crippen LogP contribution >= 0.6 is 23.4 Å². The lowest BCUT2D eigenvalue weighted by atomic mass is 10.2. The maximum Gasteiger partial charge on any atom is 0.271 e. The zero-order chi connectivity index (χ0) is 19.6. The molecule has 2 heterocycles.